The van der Waals surface area contributed by atoms with Gasteiger partial charge in [0.15, 0.2) is 0 Å². The molecule has 1 aromatic heterocycles. The number of aromatic nitrogens is 1. The van der Waals surface area contributed by atoms with E-state index in [1.807, 2.05) is 55.9 Å². The summed E-state index contributed by atoms with van der Waals surface area (Å²) in [6, 6.07) is 14.1. The van der Waals surface area contributed by atoms with Crippen molar-refractivity contribution < 1.29 is 14.3 Å². The molecular formula is C26H32ClNO3S. The maximum atomic E-state index is 12.6. The van der Waals surface area contributed by atoms with Crippen molar-refractivity contribution in [3.8, 4) is 5.75 Å². The van der Waals surface area contributed by atoms with Crippen molar-refractivity contribution in [1.29, 1.82) is 0 Å². The van der Waals surface area contributed by atoms with Crippen molar-refractivity contribution in [1.82, 2.24) is 4.57 Å². The third kappa shape index (κ3) is 5.44. The molecule has 3 aromatic rings. The molecule has 1 heterocycles. The fourth-order valence-electron chi connectivity index (χ4n) is 3.79. The van der Waals surface area contributed by atoms with Crippen LogP contribution in [0.3, 0.4) is 0 Å². The van der Waals surface area contributed by atoms with E-state index in [1.54, 1.807) is 7.11 Å². The van der Waals surface area contributed by atoms with Gasteiger partial charge in [0.2, 0.25) is 0 Å². The number of esters is 1. The number of fused-ring (bicyclic) bond motifs is 1. The van der Waals surface area contributed by atoms with Gasteiger partial charge in [-0.15, -0.1) is 11.8 Å². The van der Waals surface area contributed by atoms with Gasteiger partial charge in [-0.05, 0) is 43.7 Å². The molecule has 0 bridgehead atoms. The monoisotopic (exact) mass is 473 g/mol. The molecule has 172 valence electrons. The van der Waals surface area contributed by atoms with Crippen molar-refractivity contribution in [2.75, 3.05) is 14.2 Å². The summed E-state index contributed by atoms with van der Waals surface area (Å²) in [4.78, 5) is 13.8. The number of methoxy groups -OCH3 is 2. The van der Waals surface area contributed by atoms with E-state index in [4.69, 9.17) is 21.1 Å². The Morgan fingerprint density at radius 1 is 1.03 bits per heavy atom. The lowest BCUT2D eigenvalue weighted by Gasteiger charge is -2.25. The van der Waals surface area contributed by atoms with Crippen LogP contribution in [0.15, 0.2) is 47.4 Å². The largest absolute Gasteiger partial charge is 0.497 e. The number of carbonyl (C=O) groups is 1. The Hall–Kier alpha value is -2.11. The Labute approximate surface area is 200 Å². The summed E-state index contributed by atoms with van der Waals surface area (Å²) in [5.41, 5.74) is 2.68. The predicted octanol–water partition coefficient (Wildman–Crippen LogP) is 6.98. The Kier molecular flexibility index (Phi) is 7.21. The normalized spacial score (nSPS) is 12.2. The van der Waals surface area contributed by atoms with E-state index in [2.05, 4.69) is 37.5 Å². The minimum absolute atomic E-state index is 0.00344. The average Bonchev–Trinajstić information content (AvgIpc) is 2.99. The first-order chi connectivity index (χ1) is 14.9. The Balaban J connectivity index is 2.27. The molecule has 0 aliphatic heterocycles. The van der Waals surface area contributed by atoms with E-state index in [1.165, 1.54) is 12.0 Å². The van der Waals surface area contributed by atoms with Gasteiger partial charge in [0.05, 0.1) is 25.2 Å². The zero-order valence-corrected chi connectivity index (χ0v) is 21.5. The van der Waals surface area contributed by atoms with E-state index in [0.717, 1.165) is 27.9 Å². The summed E-state index contributed by atoms with van der Waals surface area (Å²) in [5, 5.41) is 1.87. The molecular weight excluding hydrogens is 442 g/mol. The number of hydrogen-bond donors (Lipinski definition) is 0. The van der Waals surface area contributed by atoms with Crippen LogP contribution in [0.1, 0.15) is 45.9 Å². The van der Waals surface area contributed by atoms with Crippen LogP contribution in [0, 0.1) is 5.41 Å². The van der Waals surface area contributed by atoms with Crippen LogP contribution in [-0.4, -0.2) is 29.5 Å². The standard InChI is InChI=1S/C26H32ClNO3S/c1-25(2,3)32-23-20-13-12-19(30-6)14-21(20)28(16-17-8-10-18(27)11-9-17)22(23)15-26(4,5)24(29)31-7/h8-14H,15-16H2,1-7H3. The number of rotatable bonds is 7. The highest BCUT2D eigenvalue weighted by Crippen LogP contribution is 2.44. The minimum atomic E-state index is -0.668. The first kappa shape index (κ1) is 24.5. The van der Waals surface area contributed by atoms with Crippen LogP contribution < -0.4 is 4.74 Å². The molecule has 0 aliphatic rings. The Bertz CT molecular complexity index is 1110. The van der Waals surface area contributed by atoms with E-state index >= 15 is 0 Å². The number of ether oxygens (including phenoxy) is 2. The van der Waals surface area contributed by atoms with Gasteiger partial charge in [-0.1, -0.05) is 44.5 Å². The minimum Gasteiger partial charge on any atom is -0.497 e. The molecule has 0 aliphatic carbocycles. The zero-order valence-electron chi connectivity index (χ0n) is 19.9. The van der Waals surface area contributed by atoms with Crippen LogP contribution in [0.25, 0.3) is 10.9 Å². The molecule has 0 atom stereocenters. The molecule has 2 aromatic carbocycles. The number of hydrogen-bond acceptors (Lipinski definition) is 4. The molecule has 0 radical (unpaired) electrons. The summed E-state index contributed by atoms with van der Waals surface area (Å²) in [6.07, 6.45) is 0.558. The van der Waals surface area contributed by atoms with Crippen LogP contribution in [0.2, 0.25) is 5.02 Å². The first-order valence-corrected chi connectivity index (χ1v) is 11.9. The van der Waals surface area contributed by atoms with Gasteiger partial charge in [-0.3, -0.25) is 4.79 Å². The van der Waals surface area contributed by atoms with Crippen molar-refractivity contribution >= 4 is 40.2 Å². The van der Waals surface area contributed by atoms with Crippen LogP contribution in [0.5, 0.6) is 5.75 Å². The molecule has 3 rings (SSSR count). The summed E-state index contributed by atoms with van der Waals surface area (Å²) < 4.78 is 13.0. The second-order valence-electron chi connectivity index (χ2n) is 9.64. The van der Waals surface area contributed by atoms with E-state index in [-0.39, 0.29) is 10.7 Å². The van der Waals surface area contributed by atoms with Crippen molar-refractivity contribution in [2.24, 2.45) is 5.41 Å². The predicted molar refractivity (Wildman–Crippen MR) is 134 cm³/mol. The summed E-state index contributed by atoms with van der Waals surface area (Å²) in [6.45, 7) is 11.2. The molecule has 0 unspecified atom stereocenters. The van der Waals surface area contributed by atoms with Crippen molar-refractivity contribution in [2.45, 2.75) is 57.2 Å². The van der Waals surface area contributed by atoms with Gasteiger partial charge in [-0.2, -0.15) is 0 Å². The molecule has 0 fully saturated rings. The fourth-order valence-corrected chi connectivity index (χ4v) is 5.11. The molecule has 0 saturated heterocycles. The third-order valence-electron chi connectivity index (χ3n) is 5.34. The molecule has 6 heteroatoms. The van der Waals surface area contributed by atoms with Gasteiger partial charge < -0.3 is 14.0 Å². The summed E-state index contributed by atoms with van der Waals surface area (Å²) in [5.74, 6) is 0.587. The van der Waals surface area contributed by atoms with Crippen LogP contribution >= 0.6 is 23.4 Å². The average molecular weight is 474 g/mol. The number of thioether (sulfide) groups is 1. The second kappa shape index (κ2) is 9.40. The zero-order chi connectivity index (χ0) is 23.7. The van der Waals surface area contributed by atoms with Gasteiger partial charge in [0.25, 0.3) is 0 Å². The summed E-state index contributed by atoms with van der Waals surface area (Å²) >= 11 is 7.95. The van der Waals surface area contributed by atoms with Gasteiger partial charge in [0, 0.05) is 44.8 Å². The highest BCUT2D eigenvalue weighted by Gasteiger charge is 2.33. The van der Waals surface area contributed by atoms with Gasteiger partial charge in [0.1, 0.15) is 5.75 Å². The lowest BCUT2D eigenvalue weighted by atomic mass is 9.87. The quantitative estimate of drug-likeness (QED) is 0.274. The van der Waals surface area contributed by atoms with Gasteiger partial charge >= 0.3 is 5.97 Å². The fraction of sp³-hybridized carbons (Fsp3) is 0.423. The molecule has 0 amide bonds. The van der Waals surface area contributed by atoms with Crippen LogP contribution in [-0.2, 0) is 22.5 Å². The number of carbonyl (C=O) groups excluding carboxylic acids is 1. The van der Waals surface area contributed by atoms with Crippen LogP contribution in [0.4, 0.5) is 0 Å². The van der Waals surface area contributed by atoms with Crippen molar-refractivity contribution in [3.63, 3.8) is 0 Å². The first-order valence-electron chi connectivity index (χ1n) is 10.7. The molecule has 32 heavy (non-hydrogen) atoms. The number of benzene rings is 2. The maximum Gasteiger partial charge on any atom is 0.311 e. The Morgan fingerprint density at radius 2 is 1.69 bits per heavy atom. The third-order valence-corrected chi connectivity index (χ3v) is 6.86. The lowest BCUT2D eigenvalue weighted by molar-refractivity contribution is -0.150. The Morgan fingerprint density at radius 3 is 2.25 bits per heavy atom. The molecule has 0 N–H and O–H groups in total. The van der Waals surface area contributed by atoms with E-state index < -0.39 is 5.41 Å². The highest BCUT2D eigenvalue weighted by atomic mass is 35.5. The molecule has 4 nitrogen and oxygen atoms in total. The number of nitrogens with zero attached hydrogens (tertiary/aromatic N) is 1. The highest BCUT2D eigenvalue weighted by molar-refractivity contribution is 8.00. The SMILES string of the molecule is COC(=O)C(C)(C)Cc1c(SC(C)(C)C)c2ccc(OC)cc2n1Cc1ccc(Cl)cc1. The smallest absolute Gasteiger partial charge is 0.311 e. The van der Waals surface area contributed by atoms with Crippen molar-refractivity contribution in [3.05, 3.63) is 58.7 Å². The molecule has 0 saturated carbocycles. The summed E-state index contributed by atoms with van der Waals surface area (Å²) in [7, 11) is 3.13. The lowest BCUT2D eigenvalue weighted by Crippen LogP contribution is -2.29. The molecule has 0 spiro atoms. The topological polar surface area (TPSA) is 40.5 Å². The van der Waals surface area contributed by atoms with E-state index in [0.29, 0.717) is 18.0 Å². The second-order valence-corrected chi connectivity index (χ2v) is 11.9. The maximum absolute atomic E-state index is 12.6. The van der Waals surface area contributed by atoms with Gasteiger partial charge in [-0.25, -0.2) is 0 Å². The number of halogens is 1. The van der Waals surface area contributed by atoms with E-state index in [9.17, 15) is 4.79 Å².